The van der Waals surface area contributed by atoms with Crippen LogP contribution in [0.5, 0.6) is 0 Å². The number of carbonyl (C=O) groups excluding carboxylic acids is 1. The molecule has 1 aromatic heterocycles. The number of carboxylic acids is 1. The zero-order chi connectivity index (χ0) is 16.3. The molecule has 0 aliphatic heterocycles. The van der Waals surface area contributed by atoms with E-state index in [0.29, 0.717) is 10.7 Å². The van der Waals surface area contributed by atoms with Crippen molar-refractivity contribution in [3.63, 3.8) is 0 Å². The summed E-state index contributed by atoms with van der Waals surface area (Å²) in [6.45, 7) is 3.45. The number of nitrogens with one attached hydrogen (secondary N) is 1. The van der Waals surface area contributed by atoms with Crippen molar-refractivity contribution in [3.8, 4) is 5.69 Å². The van der Waals surface area contributed by atoms with Crippen LogP contribution in [0.1, 0.15) is 24.3 Å². The standard InChI is InChI=1S/C15H16ClN3O3/c1-9(2)13(15(21)22)17-14(20)12-6-7-19(18-12)11-5-3-4-10(16)8-11/h3-9,13H,1-2H3,(H,17,20)(H,21,22)/t13-/m1/s1. The molecule has 0 bridgehead atoms. The maximum Gasteiger partial charge on any atom is 0.326 e. The lowest BCUT2D eigenvalue weighted by Gasteiger charge is -2.16. The van der Waals surface area contributed by atoms with Crippen LogP contribution in [0.2, 0.25) is 5.02 Å². The zero-order valence-corrected chi connectivity index (χ0v) is 12.9. The van der Waals surface area contributed by atoms with Gasteiger partial charge in [0, 0.05) is 11.2 Å². The van der Waals surface area contributed by atoms with E-state index in [1.807, 2.05) is 0 Å². The van der Waals surface area contributed by atoms with Crippen LogP contribution in [-0.4, -0.2) is 32.8 Å². The highest BCUT2D eigenvalue weighted by Gasteiger charge is 2.24. The van der Waals surface area contributed by atoms with Crippen molar-refractivity contribution in [1.82, 2.24) is 15.1 Å². The van der Waals surface area contributed by atoms with Gasteiger partial charge < -0.3 is 10.4 Å². The quantitative estimate of drug-likeness (QED) is 0.885. The predicted octanol–water partition coefficient (Wildman–Crippen LogP) is 2.36. The van der Waals surface area contributed by atoms with Gasteiger partial charge in [-0.15, -0.1) is 0 Å². The number of aromatic nitrogens is 2. The first-order valence-electron chi connectivity index (χ1n) is 6.74. The average molecular weight is 322 g/mol. The maximum atomic E-state index is 12.1. The van der Waals surface area contributed by atoms with Gasteiger partial charge in [-0.3, -0.25) is 4.79 Å². The molecule has 1 amide bonds. The molecule has 1 aromatic carbocycles. The van der Waals surface area contributed by atoms with E-state index in [9.17, 15) is 9.59 Å². The highest BCUT2D eigenvalue weighted by molar-refractivity contribution is 6.30. The Morgan fingerprint density at radius 2 is 2.05 bits per heavy atom. The van der Waals surface area contributed by atoms with Crippen molar-refractivity contribution in [1.29, 1.82) is 0 Å². The number of aliphatic carboxylic acids is 1. The van der Waals surface area contributed by atoms with Gasteiger partial charge in [-0.25, -0.2) is 9.48 Å². The number of hydrogen-bond donors (Lipinski definition) is 2. The van der Waals surface area contributed by atoms with Crippen molar-refractivity contribution in [2.24, 2.45) is 5.92 Å². The number of benzene rings is 1. The highest BCUT2D eigenvalue weighted by atomic mass is 35.5. The van der Waals surface area contributed by atoms with Crippen LogP contribution >= 0.6 is 11.6 Å². The molecule has 0 saturated carbocycles. The molecule has 2 rings (SSSR count). The number of carboxylic acid groups (broad SMARTS) is 1. The van der Waals surface area contributed by atoms with Gasteiger partial charge in [-0.2, -0.15) is 5.10 Å². The number of hydrogen-bond acceptors (Lipinski definition) is 3. The van der Waals surface area contributed by atoms with Gasteiger partial charge in [-0.1, -0.05) is 31.5 Å². The second-order valence-electron chi connectivity index (χ2n) is 5.16. The number of halogens is 1. The normalized spacial score (nSPS) is 12.2. The lowest BCUT2D eigenvalue weighted by Crippen LogP contribution is -2.44. The van der Waals surface area contributed by atoms with E-state index >= 15 is 0 Å². The smallest absolute Gasteiger partial charge is 0.326 e. The van der Waals surface area contributed by atoms with E-state index in [2.05, 4.69) is 10.4 Å². The summed E-state index contributed by atoms with van der Waals surface area (Å²) in [5.41, 5.74) is 0.858. The molecule has 0 fully saturated rings. The highest BCUT2D eigenvalue weighted by Crippen LogP contribution is 2.14. The first-order chi connectivity index (χ1) is 10.4. The van der Waals surface area contributed by atoms with Crippen LogP contribution in [0.4, 0.5) is 0 Å². The van der Waals surface area contributed by atoms with Gasteiger partial charge in [0.15, 0.2) is 5.69 Å². The molecular weight excluding hydrogens is 306 g/mol. The first-order valence-corrected chi connectivity index (χ1v) is 7.11. The van der Waals surface area contributed by atoms with Crippen LogP contribution in [0, 0.1) is 5.92 Å². The Morgan fingerprint density at radius 3 is 2.64 bits per heavy atom. The van der Waals surface area contributed by atoms with Crippen molar-refractivity contribution in [3.05, 3.63) is 47.2 Å². The summed E-state index contributed by atoms with van der Waals surface area (Å²) in [6, 6.07) is 7.60. The molecular formula is C15H16ClN3O3. The minimum absolute atomic E-state index is 0.145. The zero-order valence-electron chi connectivity index (χ0n) is 12.2. The minimum Gasteiger partial charge on any atom is -0.480 e. The third kappa shape index (κ3) is 3.65. The number of nitrogens with zero attached hydrogens (tertiary/aromatic N) is 2. The second kappa shape index (κ2) is 6.62. The fourth-order valence-corrected chi connectivity index (χ4v) is 2.12. The summed E-state index contributed by atoms with van der Waals surface area (Å²) < 4.78 is 1.51. The van der Waals surface area contributed by atoms with Crippen LogP contribution in [0.15, 0.2) is 36.5 Å². The summed E-state index contributed by atoms with van der Waals surface area (Å²) in [5.74, 6) is -1.82. The Kier molecular flexibility index (Phi) is 4.82. The van der Waals surface area contributed by atoms with Gasteiger partial charge in [-0.05, 0) is 30.2 Å². The van der Waals surface area contributed by atoms with Crippen molar-refractivity contribution in [2.75, 3.05) is 0 Å². The number of carbonyl (C=O) groups is 2. The third-order valence-corrected chi connectivity index (χ3v) is 3.35. The lowest BCUT2D eigenvalue weighted by molar-refractivity contribution is -0.140. The van der Waals surface area contributed by atoms with Gasteiger partial charge in [0.25, 0.3) is 5.91 Å². The van der Waals surface area contributed by atoms with E-state index in [0.717, 1.165) is 0 Å². The maximum absolute atomic E-state index is 12.1. The average Bonchev–Trinajstić information content (AvgIpc) is 2.93. The summed E-state index contributed by atoms with van der Waals surface area (Å²) in [6.07, 6.45) is 1.62. The molecule has 6 nitrogen and oxygen atoms in total. The lowest BCUT2D eigenvalue weighted by atomic mass is 10.0. The molecule has 0 unspecified atom stereocenters. The third-order valence-electron chi connectivity index (χ3n) is 3.11. The summed E-state index contributed by atoms with van der Waals surface area (Å²) in [5, 5.41) is 16.3. The molecule has 116 valence electrons. The van der Waals surface area contributed by atoms with Crippen LogP contribution in [-0.2, 0) is 4.79 Å². The summed E-state index contributed by atoms with van der Waals surface area (Å²) >= 11 is 5.92. The minimum atomic E-state index is -1.07. The molecule has 7 heteroatoms. The topological polar surface area (TPSA) is 84.2 Å². The van der Waals surface area contributed by atoms with Crippen molar-refractivity contribution in [2.45, 2.75) is 19.9 Å². The Hall–Kier alpha value is -2.34. The van der Waals surface area contributed by atoms with Crippen molar-refractivity contribution < 1.29 is 14.7 Å². The van der Waals surface area contributed by atoms with Gasteiger partial charge in [0.2, 0.25) is 0 Å². The van der Waals surface area contributed by atoms with Crippen LogP contribution in [0.25, 0.3) is 5.69 Å². The van der Waals surface area contributed by atoms with Gasteiger partial charge in [0.1, 0.15) is 6.04 Å². The molecule has 0 spiro atoms. The molecule has 1 heterocycles. The van der Waals surface area contributed by atoms with E-state index in [-0.39, 0.29) is 11.6 Å². The van der Waals surface area contributed by atoms with Gasteiger partial charge in [0.05, 0.1) is 5.69 Å². The Bertz CT molecular complexity index is 697. The Balaban J connectivity index is 2.17. The fraction of sp³-hybridized carbons (Fsp3) is 0.267. The molecule has 1 atom stereocenters. The molecule has 0 radical (unpaired) electrons. The Morgan fingerprint density at radius 1 is 1.32 bits per heavy atom. The van der Waals surface area contributed by atoms with Crippen LogP contribution in [0.3, 0.4) is 0 Å². The number of rotatable bonds is 5. The SMILES string of the molecule is CC(C)[C@@H](NC(=O)c1ccn(-c2cccc(Cl)c2)n1)C(=O)O. The second-order valence-corrected chi connectivity index (χ2v) is 5.60. The van der Waals surface area contributed by atoms with Crippen LogP contribution < -0.4 is 5.32 Å². The predicted molar refractivity (Wildman–Crippen MR) is 82.3 cm³/mol. The summed E-state index contributed by atoms with van der Waals surface area (Å²) in [4.78, 5) is 23.2. The molecule has 22 heavy (non-hydrogen) atoms. The largest absolute Gasteiger partial charge is 0.480 e. The number of amides is 1. The van der Waals surface area contributed by atoms with E-state index < -0.39 is 17.9 Å². The molecule has 0 aliphatic rings. The van der Waals surface area contributed by atoms with Crippen molar-refractivity contribution >= 4 is 23.5 Å². The van der Waals surface area contributed by atoms with E-state index in [1.54, 1.807) is 44.3 Å². The Labute approximate surface area is 132 Å². The summed E-state index contributed by atoms with van der Waals surface area (Å²) in [7, 11) is 0. The first kappa shape index (κ1) is 16.0. The molecule has 0 saturated heterocycles. The molecule has 2 N–H and O–H groups in total. The van der Waals surface area contributed by atoms with Gasteiger partial charge >= 0.3 is 5.97 Å². The molecule has 2 aromatic rings. The monoisotopic (exact) mass is 321 g/mol. The van der Waals surface area contributed by atoms with E-state index in [4.69, 9.17) is 16.7 Å². The fourth-order valence-electron chi connectivity index (χ4n) is 1.94. The van der Waals surface area contributed by atoms with E-state index in [1.165, 1.54) is 10.7 Å². The molecule has 0 aliphatic carbocycles.